The molecule has 6 nitrogen and oxygen atoms in total. The largest absolute Gasteiger partial charge is 0.337 e. The maximum absolute atomic E-state index is 4.40. The Labute approximate surface area is 119 Å². The number of hydrogen-bond donors (Lipinski definition) is 1. The van der Waals surface area contributed by atoms with Crippen LogP contribution in [0.2, 0.25) is 0 Å². The number of hydrogen-bond acceptors (Lipinski definition) is 5. The van der Waals surface area contributed by atoms with Crippen LogP contribution in [0.25, 0.3) is 0 Å². The molecule has 6 heteroatoms. The van der Waals surface area contributed by atoms with Crippen LogP contribution >= 0.6 is 0 Å². The summed E-state index contributed by atoms with van der Waals surface area (Å²) in [5.41, 5.74) is 1.09. The Bertz CT molecular complexity index is 531. The zero-order valence-electron chi connectivity index (χ0n) is 12.5. The summed E-state index contributed by atoms with van der Waals surface area (Å²) in [6.07, 6.45) is 7.47. The molecule has 0 aliphatic rings. The summed E-state index contributed by atoms with van der Waals surface area (Å²) in [6.45, 7) is 5.72. The van der Waals surface area contributed by atoms with E-state index >= 15 is 0 Å². The van der Waals surface area contributed by atoms with Gasteiger partial charge in [-0.2, -0.15) is 0 Å². The van der Waals surface area contributed by atoms with Gasteiger partial charge in [0, 0.05) is 57.0 Å². The van der Waals surface area contributed by atoms with Crippen LogP contribution in [0.5, 0.6) is 0 Å². The van der Waals surface area contributed by atoms with Gasteiger partial charge in [0.05, 0.1) is 6.54 Å². The predicted molar refractivity (Wildman–Crippen MR) is 79.3 cm³/mol. The fourth-order valence-electron chi connectivity index (χ4n) is 1.79. The number of nitrogens with zero attached hydrogens (tertiary/aromatic N) is 5. The van der Waals surface area contributed by atoms with Crippen molar-refractivity contribution < 1.29 is 0 Å². The quantitative estimate of drug-likeness (QED) is 0.861. The van der Waals surface area contributed by atoms with Gasteiger partial charge in [-0.1, -0.05) is 13.8 Å². The van der Waals surface area contributed by atoms with Crippen LogP contribution in [0, 0.1) is 0 Å². The number of aryl methyl sites for hydroxylation is 1. The van der Waals surface area contributed by atoms with Gasteiger partial charge in [-0.05, 0) is 0 Å². The highest BCUT2D eigenvalue weighted by Crippen LogP contribution is 2.08. The number of aromatic nitrogens is 4. The minimum absolute atomic E-state index is 0.459. The van der Waals surface area contributed by atoms with Crippen molar-refractivity contribution in [2.75, 3.05) is 11.9 Å². The predicted octanol–water partition coefficient (Wildman–Crippen LogP) is 1.34. The molecule has 108 valence electrons. The lowest BCUT2D eigenvalue weighted by atomic mass is 10.3. The average Bonchev–Trinajstić information content (AvgIpc) is 2.82. The fourth-order valence-corrected chi connectivity index (χ4v) is 1.79. The zero-order valence-corrected chi connectivity index (χ0v) is 12.5. The van der Waals surface area contributed by atoms with Crippen LogP contribution in [0.15, 0.2) is 24.8 Å². The third-order valence-electron chi connectivity index (χ3n) is 3.05. The minimum atomic E-state index is 0.459. The summed E-state index contributed by atoms with van der Waals surface area (Å²) in [6, 6.07) is 0.459. The van der Waals surface area contributed by atoms with Gasteiger partial charge in [-0.25, -0.2) is 15.0 Å². The van der Waals surface area contributed by atoms with Crippen molar-refractivity contribution >= 4 is 5.95 Å². The van der Waals surface area contributed by atoms with E-state index in [4.69, 9.17) is 0 Å². The normalized spacial score (nSPS) is 11.1. The van der Waals surface area contributed by atoms with Gasteiger partial charge >= 0.3 is 0 Å². The zero-order chi connectivity index (χ0) is 14.5. The smallest absolute Gasteiger partial charge is 0.225 e. The van der Waals surface area contributed by atoms with Gasteiger partial charge in [0.25, 0.3) is 0 Å². The molecular weight excluding hydrogens is 252 g/mol. The molecular formula is C14H22N6. The Balaban J connectivity index is 1.97. The highest BCUT2D eigenvalue weighted by molar-refractivity contribution is 5.28. The molecule has 0 saturated heterocycles. The van der Waals surface area contributed by atoms with Crippen molar-refractivity contribution in [1.29, 1.82) is 0 Å². The Morgan fingerprint density at radius 2 is 1.95 bits per heavy atom. The van der Waals surface area contributed by atoms with E-state index in [-0.39, 0.29) is 0 Å². The van der Waals surface area contributed by atoms with Gasteiger partial charge in [-0.3, -0.25) is 0 Å². The molecule has 0 aromatic carbocycles. The molecule has 0 aliphatic heterocycles. The van der Waals surface area contributed by atoms with Crippen molar-refractivity contribution in [2.24, 2.45) is 7.05 Å². The molecule has 0 bridgehead atoms. The first-order valence-corrected chi connectivity index (χ1v) is 6.78. The first kappa shape index (κ1) is 14.5. The number of anilines is 1. The second-order valence-corrected chi connectivity index (χ2v) is 5.24. The summed E-state index contributed by atoms with van der Waals surface area (Å²) in [4.78, 5) is 15.1. The SMILES string of the molecule is CC(C)NCc1cnc(N(C)Cc2nccn2C)nc1. The van der Waals surface area contributed by atoms with Crippen molar-refractivity contribution in [3.8, 4) is 0 Å². The standard InChI is InChI=1S/C14H22N6/c1-11(2)16-7-12-8-17-14(18-9-12)20(4)10-13-15-5-6-19(13)3/h5-6,8-9,11,16H,7,10H2,1-4H3. The molecule has 0 unspecified atom stereocenters. The van der Waals surface area contributed by atoms with Gasteiger partial charge in [0.2, 0.25) is 5.95 Å². The maximum Gasteiger partial charge on any atom is 0.225 e. The van der Waals surface area contributed by atoms with Crippen LogP contribution < -0.4 is 10.2 Å². The van der Waals surface area contributed by atoms with Crippen molar-refractivity contribution in [3.63, 3.8) is 0 Å². The topological polar surface area (TPSA) is 58.9 Å². The molecule has 0 aliphatic carbocycles. The monoisotopic (exact) mass is 274 g/mol. The van der Waals surface area contributed by atoms with E-state index in [1.165, 1.54) is 0 Å². The second-order valence-electron chi connectivity index (χ2n) is 5.24. The molecule has 2 aromatic heterocycles. The van der Waals surface area contributed by atoms with Gasteiger partial charge in [0.1, 0.15) is 5.82 Å². The van der Waals surface area contributed by atoms with Crippen LogP contribution in [-0.2, 0) is 20.1 Å². The third-order valence-corrected chi connectivity index (χ3v) is 3.05. The Morgan fingerprint density at radius 1 is 1.25 bits per heavy atom. The lowest BCUT2D eigenvalue weighted by Crippen LogP contribution is -2.23. The number of imidazole rings is 1. The lowest BCUT2D eigenvalue weighted by molar-refractivity contribution is 0.586. The summed E-state index contributed by atoms with van der Waals surface area (Å²) in [5.74, 6) is 1.70. The molecule has 0 amide bonds. The molecule has 2 rings (SSSR count). The lowest BCUT2D eigenvalue weighted by Gasteiger charge is -2.16. The molecule has 0 spiro atoms. The van der Waals surface area contributed by atoms with E-state index in [0.29, 0.717) is 18.5 Å². The molecule has 0 atom stereocenters. The number of rotatable bonds is 6. The van der Waals surface area contributed by atoms with Crippen LogP contribution in [0.1, 0.15) is 25.2 Å². The summed E-state index contributed by atoms with van der Waals surface area (Å²) < 4.78 is 2.00. The van der Waals surface area contributed by atoms with E-state index in [2.05, 4.69) is 34.1 Å². The van der Waals surface area contributed by atoms with E-state index in [9.17, 15) is 0 Å². The Morgan fingerprint density at radius 3 is 2.50 bits per heavy atom. The third kappa shape index (κ3) is 3.77. The summed E-state index contributed by atoms with van der Waals surface area (Å²) in [7, 11) is 3.95. The van der Waals surface area contributed by atoms with Gasteiger partial charge in [-0.15, -0.1) is 0 Å². The van der Waals surface area contributed by atoms with Gasteiger partial charge in [0.15, 0.2) is 0 Å². The summed E-state index contributed by atoms with van der Waals surface area (Å²) >= 11 is 0. The molecule has 0 fully saturated rings. The number of nitrogens with one attached hydrogen (secondary N) is 1. The molecule has 0 radical (unpaired) electrons. The van der Waals surface area contributed by atoms with Crippen molar-refractivity contribution in [2.45, 2.75) is 33.0 Å². The first-order valence-electron chi connectivity index (χ1n) is 6.78. The van der Waals surface area contributed by atoms with Crippen molar-refractivity contribution in [1.82, 2.24) is 24.8 Å². The molecule has 2 aromatic rings. The van der Waals surface area contributed by atoms with E-state index in [0.717, 1.165) is 17.9 Å². The minimum Gasteiger partial charge on any atom is -0.337 e. The summed E-state index contributed by atoms with van der Waals surface area (Å²) in [5, 5.41) is 3.35. The highest BCUT2D eigenvalue weighted by Gasteiger charge is 2.08. The molecule has 0 saturated carbocycles. The maximum atomic E-state index is 4.40. The van der Waals surface area contributed by atoms with Crippen LogP contribution in [-0.4, -0.2) is 32.6 Å². The Hall–Kier alpha value is -1.95. The van der Waals surface area contributed by atoms with Crippen LogP contribution in [0.4, 0.5) is 5.95 Å². The van der Waals surface area contributed by atoms with E-state index in [1.54, 1.807) is 6.20 Å². The molecule has 1 N–H and O–H groups in total. The van der Waals surface area contributed by atoms with E-state index < -0.39 is 0 Å². The van der Waals surface area contributed by atoms with E-state index in [1.807, 2.05) is 42.2 Å². The first-order chi connectivity index (χ1) is 9.56. The van der Waals surface area contributed by atoms with Gasteiger partial charge < -0.3 is 14.8 Å². The fraction of sp³-hybridized carbons (Fsp3) is 0.500. The second kappa shape index (κ2) is 6.47. The Kier molecular flexibility index (Phi) is 4.68. The van der Waals surface area contributed by atoms with Crippen molar-refractivity contribution in [3.05, 3.63) is 36.2 Å². The molecule has 2 heterocycles. The van der Waals surface area contributed by atoms with Crippen LogP contribution in [0.3, 0.4) is 0 Å². The highest BCUT2D eigenvalue weighted by atomic mass is 15.2. The average molecular weight is 274 g/mol. The molecule has 20 heavy (non-hydrogen) atoms.